The van der Waals surface area contributed by atoms with Gasteiger partial charge in [-0.15, -0.1) is 23.5 Å². The molecule has 16 heteroatoms. The summed E-state index contributed by atoms with van der Waals surface area (Å²) >= 11 is 8.99. The Balaban J connectivity index is 0.000000207. The minimum atomic E-state index is 0.128. The van der Waals surface area contributed by atoms with Crippen molar-refractivity contribution in [1.29, 1.82) is 5.26 Å². The van der Waals surface area contributed by atoms with Crippen LogP contribution in [0.4, 0.5) is 28.8 Å². The average Bonchev–Trinajstić information content (AvgIpc) is 3.61. The Morgan fingerprint density at radius 1 is 0.915 bits per heavy atom. The highest BCUT2D eigenvalue weighted by atomic mass is 35.5. The van der Waals surface area contributed by atoms with E-state index in [1.807, 2.05) is 55.1 Å². The number of anilines is 5. The Hall–Kier alpha value is -4.52. The van der Waals surface area contributed by atoms with Crippen molar-refractivity contribution in [1.82, 2.24) is 40.0 Å². The number of thioether (sulfide) groups is 2. The summed E-state index contributed by atoms with van der Waals surface area (Å²) < 4.78 is 5.49. The van der Waals surface area contributed by atoms with E-state index < -0.39 is 0 Å². The highest BCUT2D eigenvalue weighted by Gasteiger charge is 2.26. The molecular weight excluding hydrogens is 656 g/mol. The molecule has 47 heavy (non-hydrogen) atoms. The summed E-state index contributed by atoms with van der Waals surface area (Å²) in [6, 6.07) is 11.7. The Bertz CT molecular complexity index is 1790. The zero-order valence-electron chi connectivity index (χ0n) is 26.3. The maximum absolute atomic E-state index is 8.99. The second-order valence-electron chi connectivity index (χ2n) is 10.6. The molecular formula is C31H33ClN12OS2. The highest BCUT2D eigenvalue weighted by Crippen LogP contribution is 2.30. The molecule has 1 fully saturated rings. The summed E-state index contributed by atoms with van der Waals surface area (Å²) in [6.45, 7) is 5.94. The second-order valence-corrected chi connectivity index (χ2v) is 12.6. The zero-order chi connectivity index (χ0) is 33.2. The molecule has 13 nitrogen and oxygen atoms in total. The second kappa shape index (κ2) is 16.3. The van der Waals surface area contributed by atoms with E-state index in [0.717, 1.165) is 70.7 Å². The van der Waals surface area contributed by atoms with Crippen molar-refractivity contribution in [2.75, 3.05) is 41.1 Å². The number of rotatable bonds is 9. The molecule has 6 heterocycles. The van der Waals surface area contributed by atoms with Gasteiger partial charge in [0.15, 0.2) is 16.8 Å². The Morgan fingerprint density at radius 3 is 2.15 bits per heavy atom. The van der Waals surface area contributed by atoms with Gasteiger partial charge >= 0.3 is 0 Å². The van der Waals surface area contributed by atoms with E-state index in [4.69, 9.17) is 21.4 Å². The number of pyridine rings is 2. The fourth-order valence-corrected chi connectivity index (χ4v) is 5.48. The predicted molar refractivity (Wildman–Crippen MR) is 185 cm³/mol. The molecule has 1 aliphatic rings. The molecule has 242 valence electrons. The molecule has 5 aromatic rings. The average molecular weight is 689 g/mol. The van der Waals surface area contributed by atoms with Crippen molar-refractivity contribution >= 4 is 64.0 Å². The van der Waals surface area contributed by atoms with E-state index in [1.54, 1.807) is 36.0 Å². The van der Waals surface area contributed by atoms with Gasteiger partial charge in [0, 0.05) is 31.0 Å². The van der Waals surface area contributed by atoms with Gasteiger partial charge in [0.2, 0.25) is 5.89 Å². The van der Waals surface area contributed by atoms with Crippen molar-refractivity contribution in [3.05, 3.63) is 77.8 Å². The molecule has 6 rings (SSSR count). The summed E-state index contributed by atoms with van der Waals surface area (Å²) in [5, 5.41) is 21.4. The van der Waals surface area contributed by atoms with Crippen LogP contribution >= 0.6 is 35.1 Å². The van der Waals surface area contributed by atoms with E-state index in [1.165, 1.54) is 6.33 Å². The third-order valence-electron chi connectivity index (χ3n) is 7.13. The fourth-order valence-electron chi connectivity index (χ4n) is 4.58. The van der Waals surface area contributed by atoms with Gasteiger partial charge < -0.3 is 20.1 Å². The number of halogens is 1. The van der Waals surface area contributed by atoms with Gasteiger partial charge in [-0.2, -0.15) is 10.2 Å². The third-order valence-corrected chi connectivity index (χ3v) is 8.74. The van der Waals surface area contributed by atoms with Crippen LogP contribution in [0.1, 0.15) is 55.8 Å². The normalized spacial score (nSPS) is 13.1. The molecule has 0 bridgehead atoms. The molecule has 1 aliphatic heterocycles. The Kier molecular flexibility index (Phi) is 11.8. The van der Waals surface area contributed by atoms with Gasteiger partial charge in [0.25, 0.3) is 0 Å². The van der Waals surface area contributed by atoms with E-state index >= 15 is 0 Å². The van der Waals surface area contributed by atoms with Crippen molar-refractivity contribution in [3.8, 4) is 6.07 Å². The van der Waals surface area contributed by atoms with Gasteiger partial charge in [0.05, 0.1) is 33.8 Å². The van der Waals surface area contributed by atoms with Crippen LogP contribution in [0.25, 0.3) is 0 Å². The third kappa shape index (κ3) is 9.06. The van der Waals surface area contributed by atoms with Crippen molar-refractivity contribution in [3.63, 3.8) is 0 Å². The smallest absolute Gasteiger partial charge is 0.229 e. The number of nitriles is 1. The first-order valence-corrected chi connectivity index (χ1v) is 17.5. The molecule has 0 unspecified atom stereocenters. The van der Waals surface area contributed by atoms with Crippen molar-refractivity contribution < 1.29 is 4.52 Å². The first-order chi connectivity index (χ1) is 22.9. The molecule has 0 amide bonds. The van der Waals surface area contributed by atoms with Crippen LogP contribution in [0.15, 0.2) is 70.0 Å². The van der Waals surface area contributed by atoms with Crippen LogP contribution in [-0.4, -0.2) is 65.6 Å². The zero-order valence-corrected chi connectivity index (χ0v) is 28.6. The van der Waals surface area contributed by atoms with Crippen LogP contribution in [0.2, 0.25) is 5.15 Å². The largest absolute Gasteiger partial charge is 0.356 e. The number of hydrogen-bond acceptors (Lipinski definition) is 15. The van der Waals surface area contributed by atoms with Crippen molar-refractivity contribution in [2.24, 2.45) is 0 Å². The van der Waals surface area contributed by atoms with Crippen LogP contribution in [0.5, 0.6) is 0 Å². The minimum Gasteiger partial charge on any atom is -0.356 e. The van der Waals surface area contributed by atoms with E-state index in [0.29, 0.717) is 11.7 Å². The Labute approximate surface area is 286 Å². The summed E-state index contributed by atoms with van der Waals surface area (Å²) in [5.74, 6) is 4.19. The topological polar surface area (TPSA) is 167 Å². The highest BCUT2D eigenvalue weighted by molar-refractivity contribution is 7.98. The van der Waals surface area contributed by atoms with Crippen LogP contribution in [-0.2, 0) is 0 Å². The van der Waals surface area contributed by atoms with E-state index in [9.17, 15) is 0 Å². The standard InChI is InChI=1S/C20H25N7OS.C11H8ClN5S/c1-13(2)19-25-20(28-26-19)14-6-8-27(9-7-14)17-10-16(22-12-23-17)24-15-4-5-18(29-3)21-11-15;1-18-9-3-2-7(5-14-9)17-11-8(4-13)10(12)15-6-16-11/h4-5,10-14H,6-9H2,1-3H3,(H,22,23,24);2-3,5-6H,1H3,(H,15,16,17). The predicted octanol–water partition coefficient (Wildman–Crippen LogP) is 7.09. The summed E-state index contributed by atoms with van der Waals surface area (Å²) in [5.41, 5.74) is 1.86. The number of nitrogens with one attached hydrogen (secondary N) is 2. The summed E-state index contributed by atoms with van der Waals surface area (Å²) in [6.07, 6.45) is 12.3. The van der Waals surface area contributed by atoms with Gasteiger partial charge in [-0.3, -0.25) is 0 Å². The number of piperidine rings is 1. The Morgan fingerprint density at radius 2 is 1.57 bits per heavy atom. The molecule has 0 spiro atoms. The molecule has 0 aliphatic carbocycles. The lowest BCUT2D eigenvalue weighted by atomic mass is 9.97. The minimum absolute atomic E-state index is 0.128. The molecule has 1 saturated heterocycles. The first kappa shape index (κ1) is 33.8. The maximum Gasteiger partial charge on any atom is 0.229 e. The number of hydrogen-bond donors (Lipinski definition) is 2. The van der Waals surface area contributed by atoms with E-state index in [-0.39, 0.29) is 16.6 Å². The summed E-state index contributed by atoms with van der Waals surface area (Å²) in [4.78, 5) is 32.0. The molecule has 0 atom stereocenters. The van der Waals surface area contributed by atoms with Gasteiger partial charge in [-0.25, -0.2) is 29.9 Å². The van der Waals surface area contributed by atoms with Crippen LogP contribution in [0, 0.1) is 11.3 Å². The number of nitrogens with zero attached hydrogens (tertiary/aromatic N) is 10. The number of aromatic nitrogens is 8. The summed E-state index contributed by atoms with van der Waals surface area (Å²) in [7, 11) is 0. The molecule has 0 saturated carbocycles. The maximum atomic E-state index is 8.99. The van der Waals surface area contributed by atoms with Crippen LogP contribution in [0.3, 0.4) is 0 Å². The molecule has 0 radical (unpaired) electrons. The lowest BCUT2D eigenvalue weighted by molar-refractivity contribution is 0.325. The quantitative estimate of drug-likeness (QED) is 0.119. The molecule has 5 aromatic heterocycles. The first-order valence-electron chi connectivity index (χ1n) is 14.7. The van der Waals surface area contributed by atoms with E-state index in [2.05, 4.69) is 69.4 Å². The lowest BCUT2D eigenvalue weighted by Gasteiger charge is -2.31. The van der Waals surface area contributed by atoms with Crippen LogP contribution < -0.4 is 15.5 Å². The molecule has 0 aromatic carbocycles. The van der Waals surface area contributed by atoms with Gasteiger partial charge in [-0.1, -0.05) is 30.6 Å². The fraction of sp³-hybridized carbons (Fsp3) is 0.323. The SMILES string of the molecule is CSc1ccc(Nc2cc(N3CCC(c4nc(C(C)C)no4)CC3)ncn2)cn1.CSc1ccc(Nc2ncnc(Cl)c2C#N)cn1. The monoisotopic (exact) mass is 688 g/mol. The van der Waals surface area contributed by atoms with Crippen molar-refractivity contribution in [2.45, 2.75) is 48.6 Å². The van der Waals surface area contributed by atoms with Gasteiger partial charge in [-0.05, 0) is 49.6 Å². The lowest BCUT2D eigenvalue weighted by Crippen LogP contribution is -2.33. The van der Waals surface area contributed by atoms with Gasteiger partial charge in [0.1, 0.15) is 35.9 Å². The molecule has 2 N–H and O–H groups in total.